The lowest BCUT2D eigenvalue weighted by Gasteiger charge is -2.10. The van der Waals surface area contributed by atoms with Crippen LogP contribution in [0.25, 0.3) is 21.2 Å². The predicted molar refractivity (Wildman–Crippen MR) is 76.7 cm³/mol. The van der Waals surface area contributed by atoms with Gasteiger partial charge in [-0.1, -0.05) is 36.4 Å². The van der Waals surface area contributed by atoms with E-state index in [2.05, 4.69) is 61.7 Å². The molecular weight excluding hydrogens is 224 g/mol. The van der Waals surface area contributed by atoms with E-state index in [1.54, 1.807) is 0 Å². The Bertz CT molecular complexity index is 677. The molecule has 0 aliphatic carbocycles. The third kappa shape index (κ3) is 1.67. The zero-order chi connectivity index (χ0) is 11.8. The molecule has 0 N–H and O–H groups in total. The smallest absolute Gasteiger partial charge is 0.0378 e. The first-order valence-corrected chi connectivity index (χ1v) is 6.68. The monoisotopic (exact) mass is 238 g/mol. The third-order valence-corrected chi connectivity index (χ3v) is 4.35. The van der Waals surface area contributed by atoms with Gasteiger partial charge in [-0.15, -0.1) is 11.3 Å². The van der Waals surface area contributed by atoms with Gasteiger partial charge in [-0.05, 0) is 52.9 Å². The summed E-state index contributed by atoms with van der Waals surface area (Å²) in [6, 6.07) is 15.2. The molecule has 0 nitrogen and oxygen atoms in total. The van der Waals surface area contributed by atoms with Crippen molar-refractivity contribution in [3.8, 4) is 11.1 Å². The first-order chi connectivity index (χ1) is 8.27. The van der Waals surface area contributed by atoms with E-state index in [1.807, 2.05) is 11.3 Å². The van der Waals surface area contributed by atoms with Gasteiger partial charge >= 0.3 is 0 Å². The van der Waals surface area contributed by atoms with E-state index in [1.165, 1.54) is 32.3 Å². The van der Waals surface area contributed by atoms with Crippen molar-refractivity contribution in [3.63, 3.8) is 0 Å². The molecule has 17 heavy (non-hydrogen) atoms. The molecule has 0 aliphatic heterocycles. The summed E-state index contributed by atoms with van der Waals surface area (Å²) in [6.07, 6.45) is 0. The quantitative estimate of drug-likeness (QED) is 0.547. The van der Waals surface area contributed by atoms with Gasteiger partial charge < -0.3 is 0 Å². The van der Waals surface area contributed by atoms with Gasteiger partial charge in [0.05, 0.1) is 0 Å². The molecule has 0 radical (unpaired) electrons. The molecule has 1 heteroatoms. The second-order valence-corrected chi connectivity index (χ2v) is 5.31. The SMILES string of the molecule is Cc1ccccc1-c1ccc2ccsc2c1C. The van der Waals surface area contributed by atoms with E-state index in [0.717, 1.165) is 0 Å². The molecule has 0 saturated heterocycles. The van der Waals surface area contributed by atoms with E-state index < -0.39 is 0 Å². The lowest BCUT2D eigenvalue weighted by Crippen LogP contribution is -1.86. The minimum absolute atomic E-state index is 1.34. The number of rotatable bonds is 1. The lowest BCUT2D eigenvalue weighted by atomic mass is 9.96. The molecule has 0 atom stereocenters. The molecular formula is C16H14S. The Kier molecular flexibility index (Phi) is 2.49. The first kappa shape index (κ1) is 10.5. The van der Waals surface area contributed by atoms with Crippen molar-refractivity contribution in [3.05, 3.63) is 59.0 Å². The largest absolute Gasteiger partial charge is 0.144 e. The van der Waals surface area contributed by atoms with E-state index in [-0.39, 0.29) is 0 Å². The van der Waals surface area contributed by atoms with Gasteiger partial charge in [0.25, 0.3) is 0 Å². The van der Waals surface area contributed by atoms with Crippen LogP contribution in [0.1, 0.15) is 11.1 Å². The van der Waals surface area contributed by atoms with Crippen molar-refractivity contribution in [2.75, 3.05) is 0 Å². The molecule has 84 valence electrons. The second kappa shape index (κ2) is 4.01. The number of fused-ring (bicyclic) bond motifs is 1. The Balaban J connectivity index is 2.31. The van der Waals surface area contributed by atoms with Crippen LogP contribution in [0.4, 0.5) is 0 Å². The second-order valence-electron chi connectivity index (χ2n) is 4.39. The standard InChI is InChI=1S/C16H14S/c1-11-5-3-4-6-14(11)15-8-7-13-9-10-17-16(13)12(15)2/h3-10H,1-2H3. The van der Waals surface area contributed by atoms with Crippen molar-refractivity contribution < 1.29 is 0 Å². The zero-order valence-electron chi connectivity index (χ0n) is 10.0. The molecule has 0 saturated carbocycles. The van der Waals surface area contributed by atoms with Crippen molar-refractivity contribution in [1.82, 2.24) is 0 Å². The normalized spacial score (nSPS) is 10.9. The maximum atomic E-state index is 2.24. The van der Waals surface area contributed by atoms with Gasteiger partial charge in [-0.2, -0.15) is 0 Å². The van der Waals surface area contributed by atoms with Crippen LogP contribution in [0.5, 0.6) is 0 Å². The highest BCUT2D eigenvalue weighted by atomic mass is 32.1. The molecule has 1 heterocycles. The summed E-state index contributed by atoms with van der Waals surface area (Å²) in [7, 11) is 0. The highest BCUT2D eigenvalue weighted by molar-refractivity contribution is 7.17. The summed E-state index contributed by atoms with van der Waals surface area (Å²) in [4.78, 5) is 0. The highest BCUT2D eigenvalue weighted by Crippen LogP contribution is 2.33. The number of thiophene rings is 1. The summed E-state index contributed by atoms with van der Waals surface area (Å²) in [5.41, 5.74) is 5.44. The minimum atomic E-state index is 1.34. The summed E-state index contributed by atoms with van der Waals surface area (Å²) < 4.78 is 1.41. The molecule has 0 bridgehead atoms. The summed E-state index contributed by atoms with van der Waals surface area (Å²) in [6.45, 7) is 4.40. The molecule has 0 fully saturated rings. The molecule has 0 spiro atoms. The predicted octanol–water partition coefficient (Wildman–Crippen LogP) is 5.19. The molecule has 0 unspecified atom stereocenters. The molecule has 0 aliphatic rings. The van der Waals surface area contributed by atoms with Crippen molar-refractivity contribution in [2.24, 2.45) is 0 Å². The zero-order valence-corrected chi connectivity index (χ0v) is 10.8. The maximum absolute atomic E-state index is 2.24. The fraction of sp³-hybridized carbons (Fsp3) is 0.125. The fourth-order valence-electron chi connectivity index (χ4n) is 2.34. The van der Waals surface area contributed by atoms with Crippen LogP contribution in [0.2, 0.25) is 0 Å². The van der Waals surface area contributed by atoms with Crippen LogP contribution < -0.4 is 0 Å². The maximum Gasteiger partial charge on any atom is 0.0378 e. The number of benzene rings is 2. The Morgan fingerprint density at radius 1 is 0.824 bits per heavy atom. The Morgan fingerprint density at radius 2 is 1.65 bits per heavy atom. The molecule has 1 aromatic heterocycles. The van der Waals surface area contributed by atoms with Crippen LogP contribution in [-0.2, 0) is 0 Å². The molecule has 3 aromatic rings. The summed E-state index contributed by atoms with van der Waals surface area (Å²) in [5, 5.41) is 3.52. The van der Waals surface area contributed by atoms with Crippen LogP contribution in [-0.4, -0.2) is 0 Å². The Hall–Kier alpha value is -1.60. The summed E-state index contributed by atoms with van der Waals surface area (Å²) >= 11 is 1.83. The van der Waals surface area contributed by atoms with Gasteiger partial charge in [-0.3, -0.25) is 0 Å². The van der Waals surface area contributed by atoms with Gasteiger partial charge in [-0.25, -0.2) is 0 Å². The Morgan fingerprint density at radius 3 is 2.47 bits per heavy atom. The van der Waals surface area contributed by atoms with Crippen molar-refractivity contribution in [2.45, 2.75) is 13.8 Å². The molecule has 0 amide bonds. The van der Waals surface area contributed by atoms with Crippen LogP contribution in [0.15, 0.2) is 47.8 Å². The average molecular weight is 238 g/mol. The van der Waals surface area contributed by atoms with Crippen LogP contribution in [0, 0.1) is 13.8 Å². The topological polar surface area (TPSA) is 0 Å². The van der Waals surface area contributed by atoms with Crippen molar-refractivity contribution >= 4 is 21.4 Å². The van der Waals surface area contributed by atoms with Crippen LogP contribution >= 0.6 is 11.3 Å². The van der Waals surface area contributed by atoms with E-state index >= 15 is 0 Å². The van der Waals surface area contributed by atoms with Crippen LogP contribution in [0.3, 0.4) is 0 Å². The number of hydrogen-bond acceptors (Lipinski definition) is 1. The Labute approximate surface area is 106 Å². The van der Waals surface area contributed by atoms with Gasteiger partial charge in [0.2, 0.25) is 0 Å². The molecule has 2 aromatic carbocycles. The highest BCUT2D eigenvalue weighted by Gasteiger charge is 2.08. The molecule has 3 rings (SSSR count). The van der Waals surface area contributed by atoms with E-state index in [9.17, 15) is 0 Å². The third-order valence-electron chi connectivity index (χ3n) is 3.31. The van der Waals surface area contributed by atoms with Gasteiger partial charge in [0.15, 0.2) is 0 Å². The fourth-order valence-corrected chi connectivity index (χ4v) is 3.25. The first-order valence-electron chi connectivity index (χ1n) is 5.80. The number of aryl methyl sites for hydroxylation is 2. The van der Waals surface area contributed by atoms with Gasteiger partial charge in [0.1, 0.15) is 0 Å². The van der Waals surface area contributed by atoms with Crippen molar-refractivity contribution in [1.29, 1.82) is 0 Å². The van der Waals surface area contributed by atoms with E-state index in [4.69, 9.17) is 0 Å². The minimum Gasteiger partial charge on any atom is -0.144 e. The van der Waals surface area contributed by atoms with Gasteiger partial charge in [0, 0.05) is 4.70 Å². The lowest BCUT2D eigenvalue weighted by molar-refractivity contribution is 1.44. The number of hydrogen-bond donors (Lipinski definition) is 0. The summed E-state index contributed by atoms with van der Waals surface area (Å²) in [5.74, 6) is 0. The van der Waals surface area contributed by atoms with E-state index in [0.29, 0.717) is 0 Å². The average Bonchev–Trinajstić information content (AvgIpc) is 2.80.